The Morgan fingerprint density at radius 3 is 3.00 bits per heavy atom. The first-order valence-corrected chi connectivity index (χ1v) is 10.8. The first kappa shape index (κ1) is 17.5. The number of para-hydroxylation sites is 1. The van der Waals surface area contributed by atoms with Crippen molar-refractivity contribution in [3.05, 3.63) is 53.5 Å². The molecule has 0 spiro atoms. The van der Waals surface area contributed by atoms with Crippen LogP contribution in [-0.4, -0.2) is 33.9 Å². The number of aromatic nitrogens is 3. The number of thiophene rings is 1. The van der Waals surface area contributed by atoms with Crippen LogP contribution in [0.2, 0.25) is 0 Å². The highest BCUT2D eigenvalue weighted by Crippen LogP contribution is 2.34. The van der Waals surface area contributed by atoms with Crippen molar-refractivity contribution in [2.75, 3.05) is 18.5 Å². The summed E-state index contributed by atoms with van der Waals surface area (Å²) in [5, 5.41) is 8.27. The van der Waals surface area contributed by atoms with Gasteiger partial charge in [-0.25, -0.2) is 9.67 Å². The van der Waals surface area contributed by atoms with Crippen LogP contribution in [0.1, 0.15) is 16.1 Å². The highest BCUT2D eigenvalue weighted by atomic mass is 32.1. The van der Waals surface area contributed by atoms with Crippen LogP contribution in [0.3, 0.4) is 0 Å². The maximum atomic E-state index is 12.7. The minimum atomic E-state index is -0.123. The van der Waals surface area contributed by atoms with Crippen LogP contribution in [0.25, 0.3) is 20.1 Å². The Labute approximate surface area is 169 Å². The van der Waals surface area contributed by atoms with E-state index in [1.165, 1.54) is 11.3 Å². The van der Waals surface area contributed by atoms with Gasteiger partial charge in [-0.1, -0.05) is 12.1 Å². The molecular formula is C20H18N4O2S2. The number of hydrogen-bond acceptors (Lipinski definition) is 6. The molecule has 0 aliphatic carbocycles. The topological polar surface area (TPSA) is 69.0 Å². The van der Waals surface area contributed by atoms with E-state index in [4.69, 9.17) is 4.74 Å². The van der Waals surface area contributed by atoms with E-state index >= 15 is 0 Å². The number of rotatable bonds is 5. The average molecular weight is 411 g/mol. The number of fused-ring (bicyclic) bond motifs is 1. The Morgan fingerprint density at radius 2 is 2.14 bits per heavy atom. The maximum absolute atomic E-state index is 12.7. The zero-order valence-electron chi connectivity index (χ0n) is 15.0. The van der Waals surface area contributed by atoms with Gasteiger partial charge >= 0.3 is 0 Å². The van der Waals surface area contributed by atoms with Gasteiger partial charge in [-0.15, -0.1) is 22.7 Å². The standard InChI is InChI=1S/C20H18N4O2S2/c25-19(23-18-7-9-21-24(18)11-13-8-10-26-12-13)16-5-6-17(27-16)20-22-14-3-1-2-4-15(14)28-20/h1-7,9,13H,8,10-12H2,(H,23,25). The van der Waals surface area contributed by atoms with Crippen molar-refractivity contribution in [3.63, 3.8) is 0 Å². The van der Waals surface area contributed by atoms with Gasteiger partial charge in [-0.05, 0) is 30.7 Å². The lowest BCUT2D eigenvalue weighted by Crippen LogP contribution is -2.18. The van der Waals surface area contributed by atoms with Gasteiger partial charge in [0.05, 0.1) is 32.8 Å². The lowest BCUT2D eigenvalue weighted by Gasteiger charge is -2.11. The highest BCUT2D eigenvalue weighted by Gasteiger charge is 2.19. The Kier molecular flexibility index (Phi) is 4.67. The Hall–Kier alpha value is -2.55. The number of ether oxygens (including phenoxy) is 1. The van der Waals surface area contributed by atoms with Crippen molar-refractivity contribution in [2.24, 2.45) is 5.92 Å². The predicted molar refractivity (Wildman–Crippen MR) is 112 cm³/mol. The summed E-state index contributed by atoms with van der Waals surface area (Å²) in [4.78, 5) is 19.1. The molecule has 1 amide bonds. The van der Waals surface area contributed by atoms with Gasteiger partial charge in [0.15, 0.2) is 0 Å². The monoisotopic (exact) mass is 410 g/mol. The minimum Gasteiger partial charge on any atom is -0.381 e. The molecule has 1 atom stereocenters. The summed E-state index contributed by atoms with van der Waals surface area (Å²) in [6.07, 6.45) is 2.75. The highest BCUT2D eigenvalue weighted by molar-refractivity contribution is 7.26. The van der Waals surface area contributed by atoms with Gasteiger partial charge in [0.1, 0.15) is 10.8 Å². The number of nitrogens with zero attached hydrogens (tertiary/aromatic N) is 3. The van der Waals surface area contributed by atoms with E-state index in [0.717, 1.165) is 46.3 Å². The Bertz CT molecular complexity index is 1090. The van der Waals surface area contributed by atoms with E-state index in [0.29, 0.717) is 16.6 Å². The van der Waals surface area contributed by atoms with Crippen molar-refractivity contribution >= 4 is 44.6 Å². The zero-order valence-corrected chi connectivity index (χ0v) is 16.6. The quantitative estimate of drug-likeness (QED) is 0.526. The van der Waals surface area contributed by atoms with Crippen LogP contribution in [0, 0.1) is 5.92 Å². The molecule has 142 valence electrons. The van der Waals surface area contributed by atoms with Gasteiger partial charge in [0, 0.05) is 25.1 Å². The number of nitrogens with one attached hydrogen (secondary N) is 1. The molecule has 1 saturated heterocycles. The summed E-state index contributed by atoms with van der Waals surface area (Å²) in [6, 6.07) is 13.7. The molecular weight excluding hydrogens is 392 g/mol. The summed E-state index contributed by atoms with van der Waals surface area (Å²) in [6.45, 7) is 2.31. The summed E-state index contributed by atoms with van der Waals surface area (Å²) in [5.74, 6) is 1.04. The van der Waals surface area contributed by atoms with Crippen molar-refractivity contribution in [2.45, 2.75) is 13.0 Å². The van der Waals surface area contributed by atoms with E-state index in [1.54, 1.807) is 17.5 Å². The van der Waals surface area contributed by atoms with Crippen molar-refractivity contribution < 1.29 is 9.53 Å². The molecule has 8 heteroatoms. The third-order valence-corrected chi connectivity index (χ3v) is 7.04. The second kappa shape index (κ2) is 7.46. The summed E-state index contributed by atoms with van der Waals surface area (Å²) in [7, 11) is 0. The van der Waals surface area contributed by atoms with Crippen LogP contribution in [-0.2, 0) is 11.3 Å². The number of thiazole rings is 1. The lowest BCUT2D eigenvalue weighted by molar-refractivity contribution is 0.102. The van der Waals surface area contributed by atoms with Crippen LogP contribution < -0.4 is 5.32 Å². The van der Waals surface area contributed by atoms with Crippen molar-refractivity contribution in [3.8, 4) is 9.88 Å². The van der Waals surface area contributed by atoms with Gasteiger partial charge < -0.3 is 10.1 Å². The molecule has 4 heterocycles. The second-order valence-corrected chi connectivity index (χ2v) is 8.85. The van der Waals surface area contributed by atoms with Crippen LogP contribution in [0.5, 0.6) is 0 Å². The third-order valence-electron chi connectivity index (χ3n) is 4.75. The molecule has 1 fully saturated rings. The fourth-order valence-electron chi connectivity index (χ4n) is 3.29. The molecule has 1 N–H and O–H groups in total. The zero-order chi connectivity index (χ0) is 18.9. The number of carbonyl (C=O) groups excluding carboxylic acids is 1. The average Bonchev–Trinajstić information content (AvgIpc) is 3.49. The lowest BCUT2D eigenvalue weighted by atomic mass is 10.1. The number of benzene rings is 1. The first-order valence-electron chi connectivity index (χ1n) is 9.13. The van der Waals surface area contributed by atoms with Gasteiger partial charge in [0.25, 0.3) is 5.91 Å². The Balaban J connectivity index is 1.32. The normalized spacial score (nSPS) is 16.6. The minimum absolute atomic E-state index is 0.123. The summed E-state index contributed by atoms with van der Waals surface area (Å²) in [5.41, 5.74) is 0.988. The Morgan fingerprint density at radius 1 is 1.21 bits per heavy atom. The largest absolute Gasteiger partial charge is 0.381 e. The fourth-order valence-corrected chi connectivity index (χ4v) is 5.21. The molecule has 0 radical (unpaired) electrons. The van der Waals surface area contributed by atoms with E-state index in [9.17, 15) is 4.79 Å². The number of anilines is 1. The van der Waals surface area contributed by atoms with Crippen molar-refractivity contribution in [1.29, 1.82) is 0 Å². The maximum Gasteiger partial charge on any atom is 0.266 e. The van der Waals surface area contributed by atoms with Crippen molar-refractivity contribution in [1.82, 2.24) is 14.8 Å². The summed E-state index contributed by atoms with van der Waals surface area (Å²) < 4.78 is 8.43. The van der Waals surface area contributed by atoms with E-state index in [2.05, 4.69) is 21.5 Å². The molecule has 4 aromatic rings. The van der Waals surface area contributed by atoms with Gasteiger partial charge in [-0.3, -0.25) is 4.79 Å². The number of carbonyl (C=O) groups is 1. The molecule has 6 nitrogen and oxygen atoms in total. The molecule has 1 aliphatic rings. The number of hydrogen-bond donors (Lipinski definition) is 1. The first-order chi connectivity index (χ1) is 13.8. The van der Waals surface area contributed by atoms with E-state index in [1.807, 2.05) is 41.1 Å². The van der Waals surface area contributed by atoms with Crippen LogP contribution >= 0.6 is 22.7 Å². The SMILES string of the molecule is O=C(Nc1ccnn1CC1CCOC1)c1ccc(-c2nc3ccccc3s2)s1. The van der Waals surface area contributed by atoms with Crippen LogP contribution in [0.15, 0.2) is 48.7 Å². The second-order valence-electron chi connectivity index (χ2n) is 6.73. The third kappa shape index (κ3) is 3.46. The molecule has 1 unspecified atom stereocenters. The van der Waals surface area contributed by atoms with Gasteiger partial charge in [0.2, 0.25) is 0 Å². The molecule has 1 aromatic carbocycles. The molecule has 3 aromatic heterocycles. The molecule has 1 aliphatic heterocycles. The molecule has 0 bridgehead atoms. The molecule has 28 heavy (non-hydrogen) atoms. The summed E-state index contributed by atoms with van der Waals surface area (Å²) >= 11 is 3.10. The molecule has 5 rings (SSSR count). The fraction of sp³-hybridized carbons (Fsp3) is 0.250. The van der Waals surface area contributed by atoms with Gasteiger partial charge in [-0.2, -0.15) is 5.10 Å². The van der Waals surface area contributed by atoms with Crippen LogP contribution in [0.4, 0.5) is 5.82 Å². The molecule has 0 saturated carbocycles. The van der Waals surface area contributed by atoms with E-state index in [-0.39, 0.29) is 5.91 Å². The van der Waals surface area contributed by atoms with E-state index < -0.39 is 0 Å². The number of amides is 1. The smallest absolute Gasteiger partial charge is 0.266 e. The predicted octanol–water partition coefficient (Wildman–Crippen LogP) is 4.51.